The molecule has 0 bridgehead atoms. The Kier molecular flexibility index (Phi) is 3.60. The van der Waals surface area contributed by atoms with Crippen molar-refractivity contribution in [3.8, 4) is 0 Å². The van der Waals surface area contributed by atoms with Crippen LogP contribution in [-0.4, -0.2) is 44.5 Å². The molecule has 1 aromatic carbocycles. The van der Waals surface area contributed by atoms with Crippen LogP contribution in [0.1, 0.15) is 12.8 Å². The maximum absolute atomic E-state index is 12.1. The lowest BCUT2D eigenvalue weighted by Crippen LogP contribution is -2.30. The Bertz CT molecular complexity index is 680. The summed E-state index contributed by atoms with van der Waals surface area (Å²) < 4.78 is 1.96. The maximum Gasteiger partial charge on any atom is 0.308 e. The highest BCUT2D eigenvalue weighted by Crippen LogP contribution is 2.18. The van der Waals surface area contributed by atoms with Gasteiger partial charge in [0.15, 0.2) is 0 Å². The van der Waals surface area contributed by atoms with Crippen molar-refractivity contribution in [2.75, 3.05) is 13.1 Å². The molecule has 110 valence electrons. The summed E-state index contributed by atoms with van der Waals surface area (Å²) in [7, 11) is 0. The third-order valence-electron chi connectivity index (χ3n) is 3.98. The Morgan fingerprint density at radius 3 is 2.90 bits per heavy atom. The average Bonchev–Trinajstić information content (AvgIpc) is 3.12. The van der Waals surface area contributed by atoms with Gasteiger partial charge in [0.1, 0.15) is 0 Å². The number of likely N-dealkylation sites (tertiary alicyclic amines) is 1. The van der Waals surface area contributed by atoms with Crippen LogP contribution in [0.5, 0.6) is 0 Å². The molecule has 1 fully saturated rings. The number of nitrogens with zero attached hydrogens (tertiary/aromatic N) is 3. The Labute approximate surface area is 122 Å². The Morgan fingerprint density at radius 2 is 2.14 bits per heavy atom. The molecule has 2 heterocycles. The van der Waals surface area contributed by atoms with Gasteiger partial charge in [0.05, 0.1) is 23.3 Å². The number of carboxylic acid groups (broad SMARTS) is 1. The second-order valence-corrected chi connectivity index (χ2v) is 5.34. The number of fused-ring (bicyclic) bond motifs is 1. The van der Waals surface area contributed by atoms with Crippen LogP contribution in [0.4, 0.5) is 0 Å². The molecular weight excluding hydrogens is 270 g/mol. The number of carbonyl (C=O) groups excluding carboxylic acids is 1. The lowest BCUT2D eigenvalue weighted by molar-refractivity contribution is -0.141. The van der Waals surface area contributed by atoms with E-state index in [9.17, 15) is 9.59 Å². The number of carbonyl (C=O) groups is 2. The van der Waals surface area contributed by atoms with Gasteiger partial charge < -0.3 is 14.6 Å². The van der Waals surface area contributed by atoms with Crippen molar-refractivity contribution in [3.63, 3.8) is 0 Å². The zero-order valence-electron chi connectivity index (χ0n) is 11.6. The molecule has 6 nitrogen and oxygen atoms in total. The van der Waals surface area contributed by atoms with Crippen LogP contribution in [0.2, 0.25) is 0 Å². The number of para-hydroxylation sites is 2. The largest absolute Gasteiger partial charge is 0.481 e. The molecule has 0 unspecified atom stereocenters. The number of benzene rings is 1. The summed E-state index contributed by atoms with van der Waals surface area (Å²) in [4.78, 5) is 29.0. The van der Waals surface area contributed by atoms with E-state index in [2.05, 4.69) is 4.98 Å². The van der Waals surface area contributed by atoms with Gasteiger partial charge in [-0.05, 0) is 18.6 Å². The standard InChI is InChI=1S/C15H17N3O3/c19-14(17-7-5-11(9-17)15(20)21)6-8-18-10-16-12-3-1-2-4-13(12)18/h1-4,10-11H,5-9H2,(H,20,21)/t11-/m1/s1. The van der Waals surface area contributed by atoms with Crippen molar-refractivity contribution < 1.29 is 14.7 Å². The van der Waals surface area contributed by atoms with Crippen molar-refractivity contribution in [2.24, 2.45) is 5.92 Å². The summed E-state index contributed by atoms with van der Waals surface area (Å²) >= 11 is 0. The molecule has 0 saturated carbocycles. The van der Waals surface area contributed by atoms with E-state index in [1.807, 2.05) is 28.8 Å². The van der Waals surface area contributed by atoms with E-state index in [4.69, 9.17) is 5.11 Å². The fraction of sp³-hybridized carbons (Fsp3) is 0.400. The number of aryl methyl sites for hydroxylation is 1. The predicted molar refractivity (Wildman–Crippen MR) is 76.7 cm³/mol. The van der Waals surface area contributed by atoms with Gasteiger partial charge in [-0.3, -0.25) is 9.59 Å². The van der Waals surface area contributed by atoms with Gasteiger partial charge in [-0.1, -0.05) is 12.1 Å². The molecule has 0 aliphatic carbocycles. The smallest absolute Gasteiger partial charge is 0.308 e. The van der Waals surface area contributed by atoms with Gasteiger partial charge in [-0.25, -0.2) is 4.98 Å². The van der Waals surface area contributed by atoms with E-state index in [-0.39, 0.29) is 5.91 Å². The Hall–Kier alpha value is -2.37. The van der Waals surface area contributed by atoms with E-state index in [1.165, 1.54) is 0 Å². The molecule has 0 radical (unpaired) electrons. The van der Waals surface area contributed by atoms with Crippen LogP contribution in [0, 0.1) is 5.92 Å². The molecular formula is C15H17N3O3. The highest BCUT2D eigenvalue weighted by Gasteiger charge is 2.30. The third kappa shape index (κ3) is 2.74. The van der Waals surface area contributed by atoms with Crippen LogP contribution >= 0.6 is 0 Å². The van der Waals surface area contributed by atoms with Crippen LogP contribution < -0.4 is 0 Å². The first-order chi connectivity index (χ1) is 10.1. The van der Waals surface area contributed by atoms with Gasteiger partial charge in [0.25, 0.3) is 0 Å². The number of imidazole rings is 1. The molecule has 1 aromatic heterocycles. The number of hydrogen-bond donors (Lipinski definition) is 1. The summed E-state index contributed by atoms with van der Waals surface area (Å²) in [5.41, 5.74) is 1.92. The van der Waals surface area contributed by atoms with E-state index in [1.54, 1.807) is 11.2 Å². The minimum absolute atomic E-state index is 0.0107. The third-order valence-corrected chi connectivity index (χ3v) is 3.98. The molecule has 2 aromatic rings. The zero-order valence-corrected chi connectivity index (χ0v) is 11.6. The number of amides is 1. The SMILES string of the molecule is O=C(O)[C@@H]1CCN(C(=O)CCn2cnc3ccccc32)C1. The van der Waals surface area contributed by atoms with E-state index < -0.39 is 11.9 Å². The Morgan fingerprint density at radius 1 is 1.33 bits per heavy atom. The van der Waals surface area contributed by atoms with Gasteiger partial charge in [0.2, 0.25) is 5.91 Å². The fourth-order valence-corrected chi connectivity index (χ4v) is 2.75. The van der Waals surface area contributed by atoms with Crippen molar-refractivity contribution in [1.82, 2.24) is 14.5 Å². The first-order valence-electron chi connectivity index (χ1n) is 7.05. The predicted octanol–water partition coefficient (Wildman–Crippen LogP) is 1.36. The maximum atomic E-state index is 12.1. The first kappa shape index (κ1) is 13.6. The number of carboxylic acids is 1. The quantitative estimate of drug-likeness (QED) is 0.921. The number of aliphatic carboxylic acids is 1. The molecule has 1 aliphatic heterocycles. The molecule has 3 rings (SSSR count). The summed E-state index contributed by atoms with van der Waals surface area (Å²) in [5.74, 6) is -1.22. The Balaban J connectivity index is 1.60. The molecule has 0 spiro atoms. The van der Waals surface area contributed by atoms with E-state index in [0.29, 0.717) is 32.5 Å². The number of hydrogen-bond acceptors (Lipinski definition) is 3. The highest BCUT2D eigenvalue weighted by atomic mass is 16.4. The van der Waals surface area contributed by atoms with Crippen molar-refractivity contribution in [2.45, 2.75) is 19.4 Å². The minimum atomic E-state index is -0.814. The molecule has 1 aliphatic rings. The van der Waals surface area contributed by atoms with Crippen LogP contribution in [0.3, 0.4) is 0 Å². The summed E-state index contributed by atoms with van der Waals surface area (Å²) in [5, 5.41) is 8.96. The topological polar surface area (TPSA) is 75.4 Å². The molecule has 21 heavy (non-hydrogen) atoms. The fourth-order valence-electron chi connectivity index (χ4n) is 2.75. The second-order valence-electron chi connectivity index (χ2n) is 5.34. The van der Waals surface area contributed by atoms with Crippen molar-refractivity contribution >= 4 is 22.9 Å². The van der Waals surface area contributed by atoms with Gasteiger partial charge in [0, 0.05) is 26.1 Å². The highest BCUT2D eigenvalue weighted by molar-refractivity contribution is 5.79. The van der Waals surface area contributed by atoms with Gasteiger partial charge in [-0.15, -0.1) is 0 Å². The van der Waals surface area contributed by atoms with Crippen LogP contribution in [0.25, 0.3) is 11.0 Å². The lowest BCUT2D eigenvalue weighted by Gasteiger charge is -2.16. The molecule has 1 N–H and O–H groups in total. The normalized spacial score (nSPS) is 18.3. The lowest BCUT2D eigenvalue weighted by atomic mass is 10.1. The van der Waals surface area contributed by atoms with Crippen molar-refractivity contribution in [1.29, 1.82) is 0 Å². The van der Waals surface area contributed by atoms with Crippen LogP contribution in [-0.2, 0) is 16.1 Å². The molecule has 1 amide bonds. The van der Waals surface area contributed by atoms with E-state index >= 15 is 0 Å². The van der Waals surface area contributed by atoms with Crippen molar-refractivity contribution in [3.05, 3.63) is 30.6 Å². The monoisotopic (exact) mass is 287 g/mol. The van der Waals surface area contributed by atoms with Gasteiger partial charge in [-0.2, -0.15) is 0 Å². The summed E-state index contributed by atoms with van der Waals surface area (Å²) in [6, 6.07) is 7.79. The van der Waals surface area contributed by atoms with Gasteiger partial charge >= 0.3 is 5.97 Å². The van der Waals surface area contributed by atoms with Crippen LogP contribution in [0.15, 0.2) is 30.6 Å². The minimum Gasteiger partial charge on any atom is -0.481 e. The number of rotatable bonds is 4. The molecule has 6 heteroatoms. The second kappa shape index (κ2) is 5.55. The molecule has 1 atom stereocenters. The first-order valence-corrected chi connectivity index (χ1v) is 7.05. The molecule has 1 saturated heterocycles. The zero-order chi connectivity index (χ0) is 14.8. The summed E-state index contributed by atoms with van der Waals surface area (Å²) in [6.45, 7) is 1.44. The number of aromatic nitrogens is 2. The average molecular weight is 287 g/mol. The summed E-state index contributed by atoms with van der Waals surface area (Å²) in [6.07, 6.45) is 2.66. The van der Waals surface area contributed by atoms with E-state index in [0.717, 1.165) is 11.0 Å².